The number of nitrogens with zero attached hydrogens (tertiary/aromatic N) is 17. The Bertz CT molecular complexity index is 4930. The minimum atomic E-state index is -3.10. The van der Waals surface area contributed by atoms with E-state index in [-0.39, 0.29) is 30.8 Å². The minimum Gasteiger partial charge on any atom is -0.359 e. The van der Waals surface area contributed by atoms with Gasteiger partial charge >= 0.3 is 0 Å². The molecule has 1 aromatic heterocycles. The molecule has 0 radical (unpaired) electrons. The van der Waals surface area contributed by atoms with Crippen molar-refractivity contribution >= 4 is 79.8 Å². The fourth-order valence-corrected chi connectivity index (χ4v) is 14.8. The number of para-hydroxylation sites is 4. The Labute approximate surface area is 622 Å². The van der Waals surface area contributed by atoms with E-state index in [2.05, 4.69) is 223 Å². The lowest BCUT2D eigenvalue weighted by atomic mass is 10.1. The van der Waals surface area contributed by atoms with Gasteiger partial charge in [0.2, 0.25) is 0 Å². The summed E-state index contributed by atoms with van der Waals surface area (Å²) in [5.74, 6) is 1.03. The number of benzene rings is 6. The SMILES string of the molecule is Cc1c(N2C=CN(C)[C@@H]2C)cccc1N1c2ncccc2N(C)[C@H]1C.[2H]C([2H])([2H])C([2H])(C)N1C=CN(c2cccc(N3C=CN(C([2H])(C([2H])([2H])[2H])C([2H])([2H])[2H])[C@@H]3C)c2C)[C@@H]1C.[2H]C([2H])([2H])N1C=CN(c2cccc(N3C=CN(C)[C@H]3C)c2C)[C@H]1C.[2H]C([2H])([2H])N1c2ccccc2N(c2cccc(N3c4ccccc4N(C)[C@H]3C)c2C)[C@H]1C. The van der Waals surface area contributed by atoms with Gasteiger partial charge in [0.05, 0.1) is 31.2 Å². The molecule has 0 amide bonds. The van der Waals surface area contributed by atoms with E-state index in [1.54, 1.807) is 55.7 Å². The van der Waals surface area contributed by atoms with Crippen molar-refractivity contribution in [3.05, 3.63) is 224 Å². The molecule has 0 saturated carbocycles. The summed E-state index contributed by atoms with van der Waals surface area (Å²) in [7, 11) is 8.41. The highest BCUT2D eigenvalue weighted by Crippen LogP contribution is 2.50. The zero-order chi connectivity index (χ0) is 85.8. The van der Waals surface area contributed by atoms with Gasteiger partial charge in [0.15, 0.2) is 5.82 Å². The molecule has 526 valence electrons. The summed E-state index contributed by atoms with van der Waals surface area (Å²) < 4.78 is 134. The van der Waals surface area contributed by atoms with Gasteiger partial charge in [-0.3, -0.25) is 0 Å². The first-order valence-electron chi connectivity index (χ1n) is 42.9. The van der Waals surface area contributed by atoms with E-state index in [1.807, 2.05) is 91.5 Å². The Morgan fingerprint density at radius 3 is 1.06 bits per heavy atom. The molecule has 8 aliphatic rings. The van der Waals surface area contributed by atoms with Gasteiger partial charge in [-0.05, 0) is 218 Å². The number of hydrogen-bond acceptors (Lipinski definition) is 17. The summed E-state index contributed by atoms with van der Waals surface area (Å²) >= 11 is 0. The van der Waals surface area contributed by atoms with Crippen molar-refractivity contribution in [2.45, 2.75) is 172 Å². The van der Waals surface area contributed by atoms with E-state index in [4.69, 9.17) is 23.3 Å². The van der Waals surface area contributed by atoms with Gasteiger partial charge in [-0.15, -0.1) is 0 Å². The van der Waals surface area contributed by atoms with Crippen molar-refractivity contribution in [2.75, 3.05) is 96.0 Å². The van der Waals surface area contributed by atoms with Crippen LogP contribution in [-0.4, -0.2) is 133 Å². The normalized spacial score (nSPS) is 26.2. The molecular formula is C83H109N17. The molecular weight excluding hydrogens is 1240 g/mol. The molecule has 0 saturated heterocycles. The van der Waals surface area contributed by atoms with Crippen LogP contribution in [0.5, 0.6) is 0 Å². The van der Waals surface area contributed by atoms with Crippen LogP contribution in [0.25, 0.3) is 0 Å². The third-order valence-corrected chi connectivity index (χ3v) is 21.3. The maximum absolute atomic E-state index is 8.53. The maximum Gasteiger partial charge on any atom is 0.158 e. The molecule has 9 atom stereocenters. The van der Waals surface area contributed by atoms with Crippen LogP contribution in [-0.2, 0) is 0 Å². The first-order valence-corrected chi connectivity index (χ1v) is 34.4. The van der Waals surface area contributed by atoms with Gasteiger partial charge in [0.1, 0.15) is 49.3 Å². The highest BCUT2D eigenvalue weighted by Gasteiger charge is 2.38. The zero-order valence-electron chi connectivity index (χ0n) is 77.8. The Kier molecular flexibility index (Phi) is 14.5. The van der Waals surface area contributed by atoms with Gasteiger partial charge < -0.3 is 78.4 Å². The van der Waals surface area contributed by atoms with Crippen molar-refractivity contribution in [1.29, 1.82) is 0 Å². The third-order valence-electron chi connectivity index (χ3n) is 21.3. The summed E-state index contributed by atoms with van der Waals surface area (Å²) in [5.41, 5.74) is 17.7. The quantitative estimate of drug-likeness (QED) is 0.130. The molecule has 0 bridgehead atoms. The lowest BCUT2D eigenvalue weighted by Crippen LogP contribution is -2.41. The van der Waals surface area contributed by atoms with Crippen LogP contribution in [0.15, 0.2) is 202 Å². The maximum atomic E-state index is 8.53. The fourth-order valence-electron chi connectivity index (χ4n) is 14.8. The Balaban J connectivity index is 0.000000145. The van der Waals surface area contributed by atoms with Crippen LogP contribution < -0.4 is 53.9 Å². The Hall–Kier alpha value is -10.0. The molecule has 0 fully saturated rings. The first kappa shape index (κ1) is 51.2. The Morgan fingerprint density at radius 1 is 0.310 bits per heavy atom. The minimum absolute atomic E-state index is 0.170. The second kappa shape index (κ2) is 28.3. The fraction of sp³-hybridized carbons (Fsp3) is 0.386. The predicted molar refractivity (Wildman–Crippen MR) is 424 cm³/mol. The summed E-state index contributed by atoms with van der Waals surface area (Å²) in [5, 5.41) is 0. The number of fused-ring (bicyclic) bond motifs is 3. The van der Waals surface area contributed by atoms with Gasteiger partial charge in [-0.25, -0.2) is 4.98 Å². The second-order valence-electron chi connectivity index (χ2n) is 26.8. The molecule has 7 aromatic rings. The molecule has 0 aliphatic carbocycles. The lowest BCUT2D eigenvalue weighted by Gasteiger charge is -2.36. The van der Waals surface area contributed by atoms with Crippen molar-refractivity contribution in [1.82, 2.24) is 29.5 Å². The standard InChI is InChI=1S/C25H28N4.C21H32N4.C20H25N5.C17H24N4/c1-17-20(28-18(2)26(4)22-11-6-8-13-24(22)28)15-10-16-21(17)29-19(3)27(5)23-12-7-9-14-25(23)29;1-15(2)22-11-13-24(18(22)6)20-9-8-10-21(17(20)5)25-14-12-23(16(3)4)19(25)7;1-14-17(24-13-12-22(4)15(24)2)8-6-9-18(14)25-16(3)23(5)19-10-7-11-21-20(19)25;1-13-16(20-11-9-18(4)14(20)2)7-6-8-17(13)21-12-10-19(5)15(21)3/h6-16,18-19H,1-5H3;8-16,18-19H,1-7H3;6-13,15-16H,1-5H3;6-12,14-15H,1-5H3/t2*18-,19+;15-,16+;14-,15+/m..0./s1/i4D3;1D3,2D3,3D3,15D,16D;;4D3/tm;16?,18-,19+;;m/m00.0/s1. The number of aromatic nitrogens is 1. The van der Waals surface area contributed by atoms with Crippen LogP contribution in [0.1, 0.15) is 128 Å². The second-order valence-corrected chi connectivity index (χ2v) is 26.8. The lowest BCUT2D eigenvalue weighted by molar-refractivity contribution is 0.263. The highest BCUT2D eigenvalue weighted by atomic mass is 15.5. The third kappa shape index (κ3) is 12.4. The highest BCUT2D eigenvalue weighted by molar-refractivity contribution is 5.90. The van der Waals surface area contributed by atoms with Crippen molar-refractivity contribution < 1.29 is 23.3 Å². The molecule has 8 aliphatic heterocycles. The van der Waals surface area contributed by atoms with E-state index < -0.39 is 58.9 Å². The molecule has 17 nitrogen and oxygen atoms in total. The first-order chi connectivity index (χ1) is 54.6. The molecule has 0 N–H and O–H groups in total. The topological polar surface area (TPSA) is 64.7 Å². The van der Waals surface area contributed by atoms with Crippen LogP contribution >= 0.6 is 0 Å². The number of pyridine rings is 1. The van der Waals surface area contributed by atoms with Gasteiger partial charge in [-0.2, -0.15) is 0 Å². The summed E-state index contributed by atoms with van der Waals surface area (Å²) in [6.07, 6.45) is 19.1. The van der Waals surface area contributed by atoms with Crippen LogP contribution in [0.2, 0.25) is 0 Å². The zero-order valence-corrected chi connectivity index (χ0v) is 60.8. The van der Waals surface area contributed by atoms with Gasteiger partial charge in [0, 0.05) is 188 Å². The summed E-state index contributed by atoms with van der Waals surface area (Å²) in [6, 6.07) is 40.1. The van der Waals surface area contributed by atoms with E-state index >= 15 is 0 Å². The van der Waals surface area contributed by atoms with E-state index in [1.165, 1.54) is 61.8 Å². The molecule has 17 heteroatoms. The van der Waals surface area contributed by atoms with Crippen LogP contribution in [0, 0.1) is 27.7 Å². The molecule has 1 unspecified atom stereocenters. The van der Waals surface area contributed by atoms with Crippen molar-refractivity contribution in [3.63, 3.8) is 0 Å². The molecule has 15 rings (SSSR count). The molecule has 6 aromatic carbocycles. The van der Waals surface area contributed by atoms with E-state index in [0.717, 1.165) is 67.2 Å². The smallest absolute Gasteiger partial charge is 0.158 e. The number of anilines is 14. The van der Waals surface area contributed by atoms with Crippen molar-refractivity contribution in [2.24, 2.45) is 0 Å². The van der Waals surface area contributed by atoms with E-state index in [0.29, 0.717) is 11.9 Å². The average Bonchev–Trinajstić information content (AvgIpc) is 1.68. The van der Waals surface area contributed by atoms with Gasteiger partial charge in [0.25, 0.3) is 0 Å². The van der Waals surface area contributed by atoms with Crippen LogP contribution in [0.3, 0.4) is 0 Å². The molecule has 9 heterocycles. The predicted octanol–water partition coefficient (Wildman–Crippen LogP) is 17.6. The number of rotatable bonds is 10. The van der Waals surface area contributed by atoms with Crippen LogP contribution in [0.4, 0.5) is 79.8 Å². The van der Waals surface area contributed by atoms with Crippen molar-refractivity contribution in [3.8, 4) is 0 Å². The summed E-state index contributed by atoms with van der Waals surface area (Å²) in [6.45, 7) is 12.6. The Morgan fingerprint density at radius 2 is 0.630 bits per heavy atom. The summed E-state index contributed by atoms with van der Waals surface area (Å²) in [4.78, 5) is 36.0. The average molecular weight is 1360 g/mol. The largest absolute Gasteiger partial charge is 0.359 e. The molecule has 0 spiro atoms. The van der Waals surface area contributed by atoms with E-state index in [9.17, 15) is 0 Å². The monoisotopic (exact) mass is 1360 g/mol. The van der Waals surface area contributed by atoms with Gasteiger partial charge in [-0.1, -0.05) is 48.5 Å². The molecule has 100 heavy (non-hydrogen) atoms. The number of hydrogen-bond donors (Lipinski definition) is 0.